The Hall–Kier alpha value is -2.15. The molecule has 0 atom stereocenters. The zero-order valence-electron chi connectivity index (χ0n) is 16.5. The van der Waals surface area contributed by atoms with E-state index in [9.17, 15) is 0 Å². The minimum atomic E-state index is 0.527. The maximum atomic E-state index is 4.95. The van der Waals surface area contributed by atoms with E-state index in [1.54, 1.807) is 4.68 Å². The van der Waals surface area contributed by atoms with Crippen LogP contribution in [0.4, 0.5) is 17.5 Å². The molecule has 3 heterocycles. The lowest BCUT2D eigenvalue weighted by atomic mass is 9.95. The van der Waals surface area contributed by atoms with Crippen LogP contribution in [0, 0.1) is 0 Å². The molecule has 7 heteroatoms. The molecule has 0 bridgehead atoms. The summed E-state index contributed by atoms with van der Waals surface area (Å²) in [6, 6.07) is 0.527. The van der Waals surface area contributed by atoms with Gasteiger partial charge in [0.05, 0.1) is 17.3 Å². The highest BCUT2D eigenvalue weighted by Crippen LogP contribution is 2.39. The van der Waals surface area contributed by atoms with Crippen LogP contribution in [0.2, 0.25) is 0 Å². The molecule has 6 nitrogen and oxygen atoms in total. The van der Waals surface area contributed by atoms with Gasteiger partial charge in [0.1, 0.15) is 10.6 Å². The Kier molecular flexibility index (Phi) is 4.93. The van der Waals surface area contributed by atoms with E-state index >= 15 is 0 Å². The van der Waals surface area contributed by atoms with Crippen LogP contribution < -0.4 is 10.6 Å². The zero-order chi connectivity index (χ0) is 18.9. The number of rotatable bonds is 4. The molecule has 0 saturated heterocycles. The van der Waals surface area contributed by atoms with Gasteiger partial charge < -0.3 is 10.6 Å². The van der Waals surface area contributed by atoms with Crippen molar-refractivity contribution in [3.05, 3.63) is 22.8 Å². The van der Waals surface area contributed by atoms with E-state index in [1.807, 2.05) is 30.8 Å². The third-order valence-electron chi connectivity index (χ3n) is 5.97. The number of hydrogen-bond acceptors (Lipinski definition) is 6. The molecule has 2 aliphatic rings. The molecule has 5 rings (SSSR count). The summed E-state index contributed by atoms with van der Waals surface area (Å²) in [5, 5.41) is 12.7. The summed E-state index contributed by atoms with van der Waals surface area (Å²) in [5.41, 5.74) is 2.42. The summed E-state index contributed by atoms with van der Waals surface area (Å²) in [6.07, 6.45) is 16.5. The van der Waals surface area contributed by atoms with E-state index in [-0.39, 0.29) is 0 Å². The van der Waals surface area contributed by atoms with E-state index < -0.39 is 0 Å². The van der Waals surface area contributed by atoms with Crippen LogP contribution in [0.15, 0.2) is 12.4 Å². The van der Waals surface area contributed by atoms with Gasteiger partial charge in [-0.05, 0) is 44.1 Å². The van der Waals surface area contributed by atoms with Gasteiger partial charge in [0.25, 0.3) is 0 Å². The second-order valence-corrected chi connectivity index (χ2v) is 9.23. The normalized spacial score (nSPS) is 18.0. The fourth-order valence-electron chi connectivity index (χ4n) is 4.55. The minimum Gasteiger partial charge on any atom is -0.367 e. The van der Waals surface area contributed by atoms with E-state index in [0.29, 0.717) is 12.0 Å². The van der Waals surface area contributed by atoms with Crippen molar-refractivity contribution in [1.29, 1.82) is 0 Å². The number of aromatic nitrogens is 4. The van der Waals surface area contributed by atoms with Crippen LogP contribution in [-0.2, 0) is 19.9 Å². The summed E-state index contributed by atoms with van der Waals surface area (Å²) in [7, 11) is 1.92. The Morgan fingerprint density at radius 1 is 1.04 bits per heavy atom. The summed E-state index contributed by atoms with van der Waals surface area (Å²) in [5.74, 6) is 1.69. The van der Waals surface area contributed by atoms with Crippen molar-refractivity contribution < 1.29 is 0 Å². The molecule has 3 aromatic heterocycles. The lowest BCUT2D eigenvalue weighted by molar-refractivity contribution is 0.462. The van der Waals surface area contributed by atoms with Crippen molar-refractivity contribution in [2.24, 2.45) is 7.05 Å². The van der Waals surface area contributed by atoms with Crippen LogP contribution in [0.3, 0.4) is 0 Å². The zero-order valence-corrected chi connectivity index (χ0v) is 17.3. The summed E-state index contributed by atoms with van der Waals surface area (Å²) in [6.45, 7) is 0. The summed E-state index contributed by atoms with van der Waals surface area (Å²) < 4.78 is 1.79. The lowest BCUT2D eigenvalue weighted by Gasteiger charge is -2.24. The third-order valence-corrected chi connectivity index (χ3v) is 7.16. The van der Waals surface area contributed by atoms with Crippen LogP contribution >= 0.6 is 11.3 Å². The second kappa shape index (κ2) is 7.70. The molecule has 28 heavy (non-hydrogen) atoms. The third kappa shape index (κ3) is 3.60. The molecular weight excluding hydrogens is 368 g/mol. The number of anilines is 3. The Bertz CT molecular complexity index is 969. The Morgan fingerprint density at radius 2 is 1.86 bits per heavy atom. The first-order valence-electron chi connectivity index (χ1n) is 10.6. The first-order chi connectivity index (χ1) is 13.8. The van der Waals surface area contributed by atoms with Crippen LogP contribution in [-0.4, -0.2) is 25.8 Å². The molecule has 0 radical (unpaired) electrons. The average Bonchev–Trinajstić information content (AvgIpc) is 3.17. The monoisotopic (exact) mass is 396 g/mol. The summed E-state index contributed by atoms with van der Waals surface area (Å²) >= 11 is 1.87. The fraction of sp³-hybridized carbons (Fsp3) is 0.571. The number of aryl methyl sites for hydroxylation is 3. The van der Waals surface area contributed by atoms with Gasteiger partial charge in [0, 0.05) is 24.2 Å². The van der Waals surface area contributed by atoms with Gasteiger partial charge in [0.15, 0.2) is 0 Å². The van der Waals surface area contributed by atoms with Gasteiger partial charge in [-0.1, -0.05) is 25.7 Å². The van der Waals surface area contributed by atoms with Gasteiger partial charge >= 0.3 is 0 Å². The van der Waals surface area contributed by atoms with Crippen molar-refractivity contribution in [1.82, 2.24) is 19.7 Å². The van der Waals surface area contributed by atoms with Gasteiger partial charge in [-0.3, -0.25) is 4.68 Å². The molecule has 0 spiro atoms. The molecule has 3 aromatic rings. The molecule has 0 aliphatic heterocycles. The van der Waals surface area contributed by atoms with Gasteiger partial charge in [-0.2, -0.15) is 10.1 Å². The SMILES string of the molecule is Cn1cc(Nc2nc(NC3CCCCC3)c3c4c(sc3n2)CCCCC4)cn1. The first kappa shape index (κ1) is 17.9. The molecule has 1 saturated carbocycles. The topological polar surface area (TPSA) is 67.7 Å². The van der Waals surface area contributed by atoms with E-state index in [0.717, 1.165) is 22.8 Å². The minimum absolute atomic E-state index is 0.527. The smallest absolute Gasteiger partial charge is 0.230 e. The van der Waals surface area contributed by atoms with E-state index in [1.165, 1.54) is 73.6 Å². The lowest BCUT2D eigenvalue weighted by Crippen LogP contribution is -2.23. The molecule has 0 unspecified atom stereocenters. The largest absolute Gasteiger partial charge is 0.367 e. The predicted molar refractivity (Wildman–Crippen MR) is 116 cm³/mol. The van der Waals surface area contributed by atoms with Crippen molar-refractivity contribution in [3.8, 4) is 0 Å². The molecular formula is C21H28N6S. The Balaban J connectivity index is 1.56. The van der Waals surface area contributed by atoms with Crippen molar-refractivity contribution >= 4 is 39.0 Å². The summed E-state index contributed by atoms with van der Waals surface area (Å²) in [4.78, 5) is 12.5. The number of nitrogens with zero attached hydrogens (tertiary/aromatic N) is 4. The van der Waals surface area contributed by atoms with Crippen molar-refractivity contribution in [2.75, 3.05) is 10.6 Å². The molecule has 0 amide bonds. The Morgan fingerprint density at radius 3 is 2.68 bits per heavy atom. The quantitative estimate of drug-likeness (QED) is 0.595. The maximum Gasteiger partial charge on any atom is 0.230 e. The van der Waals surface area contributed by atoms with Crippen LogP contribution in [0.25, 0.3) is 10.2 Å². The highest BCUT2D eigenvalue weighted by Gasteiger charge is 2.22. The predicted octanol–water partition coefficient (Wildman–Crippen LogP) is 5.18. The maximum absolute atomic E-state index is 4.95. The highest BCUT2D eigenvalue weighted by molar-refractivity contribution is 7.19. The molecule has 2 aliphatic carbocycles. The second-order valence-electron chi connectivity index (χ2n) is 8.15. The Labute approximate surface area is 169 Å². The molecule has 148 valence electrons. The van der Waals surface area contributed by atoms with Crippen LogP contribution in [0.5, 0.6) is 0 Å². The van der Waals surface area contributed by atoms with Gasteiger partial charge in [-0.25, -0.2) is 4.98 Å². The average molecular weight is 397 g/mol. The number of nitrogens with one attached hydrogen (secondary N) is 2. The van der Waals surface area contributed by atoms with E-state index in [2.05, 4.69) is 15.7 Å². The van der Waals surface area contributed by atoms with Gasteiger partial charge in [-0.15, -0.1) is 11.3 Å². The van der Waals surface area contributed by atoms with Crippen molar-refractivity contribution in [3.63, 3.8) is 0 Å². The number of fused-ring (bicyclic) bond motifs is 3. The molecule has 2 N–H and O–H groups in total. The first-order valence-corrected chi connectivity index (χ1v) is 11.4. The number of thiophene rings is 1. The molecule has 1 fully saturated rings. The van der Waals surface area contributed by atoms with Crippen molar-refractivity contribution in [2.45, 2.75) is 70.3 Å². The van der Waals surface area contributed by atoms with Crippen LogP contribution in [0.1, 0.15) is 61.8 Å². The van der Waals surface area contributed by atoms with E-state index in [4.69, 9.17) is 9.97 Å². The highest BCUT2D eigenvalue weighted by atomic mass is 32.1. The van der Waals surface area contributed by atoms with Gasteiger partial charge in [0.2, 0.25) is 5.95 Å². The standard InChI is InChI=1S/C21H28N6S/c1-27-13-15(12-22-27)24-21-25-19(23-14-8-4-2-5-9-14)18-16-10-6-3-7-11-17(16)28-20(18)26-21/h12-14H,2-11H2,1H3,(H2,23,24,25,26). The fourth-order valence-corrected chi connectivity index (χ4v) is 5.81. The number of hydrogen-bond donors (Lipinski definition) is 2. The molecule has 0 aromatic carbocycles.